The van der Waals surface area contributed by atoms with Gasteiger partial charge in [-0.15, -0.1) is 0 Å². The molecule has 0 spiro atoms. The lowest BCUT2D eigenvalue weighted by Gasteiger charge is -2.01. The minimum absolute atomic E-state index is 0.0647. The predicted molar refractivity (Wildman–Crippen MR) is 72.7 cm³/mol. The van der Waals surface area contributed by atoms with E-state index in [1.165, 1.54) is 0 Å². The Hall–Kier alpha value is -1.33. The Morgan fingerprint density at radius 1 is 1.39 bits per heavy atom. The van der Waals surface area contributed by atoms with E-state index in [9.17, 15) is 4.79 Å². The van der Waals surface area contributed by atoms with E-state index in [1.807, 2.05) is 12.1 Å². The molecule has 1 heterocycles. The van der Waals surface area contributed by atoms with E-state index in [4.69, 9.17) is 16.7 Å². The van der Waals surface area contributed by atoms with Crippen molar-refractivity contribution in [1.29, 1.82) is 0 Å². The smallest absolute Gasteiger partial charge is 0.303 e. The number of nitrogens with zero attached hydrogens (tertiary/aromatic N) is 1. The molecule has 0 fully saturated rings. The van der Waals surface area contributed by atoms with Crippen molar-refractivity contribution < 1.29 is 9.90 Å². The number of hydrogen-bond acceptors (Lipinski definition) is 2. The number of imidazole rings is 1. The first-order valence-corrected chi connectivity index (χ1v) is 6.45. The van der Waals surface area contributed by atoms with Crippen LogP contribution in [0.25, 0.3) is 11.3 Å². The van der Waals surface area contributed by atoms with Crippen LogP contribution in [0.4, 0.5) is 0 Å². The number of aryl methyl sites for hydroxylation is 1. The van der Waals surface area contributed by atoms with Crippen molar-refractivity contribution in [2.45, 2.75) is 12.8 Å². The summed E-state index contributed by atoms with van der Waals surface area (Å²) in [5.74, 6) is -0.831. The van der Waals surface area contributed by atoms with E-state index in [-0.39, 0.29) is 6.42 Å². The van der Waals surface area contributed by atoms with Gasteiger partial charge in [0.05, 0.1) is 12.1 Å². The molecule has 4 nitrogen and oxygen atoms in total. The second kappa shape index (κ2) is 5.54. The van der Waals surface area contributed by atoms with Crippen molar-refractivity contribution >= 4 is 33.5 Å². The molecule has 0 saturated carbocycles. The summed E-state index contributed by atoms with van der Waals surface area (Å²) in [5, 5.41) is 9.37. The summed E-state index contributed by atoms with van der Waals surface area (Å²) >= 11 is 9.09. The highest BCUT2D eigenvalue weighted by molar-refractivity contribution is 9.10. The average Bonchev–Trinajstić information content (AvgIpc) is 2.69. The second-order valence-electron chi connectivity index (χ2n) is 3.76. The van der Waals surface area contributed by atoms with Crippen molar-refractivity contribution in [1.82, 2.24) is 9.97 Å². The number of hydrogen-bond donors (Lipinski definition) is 2. The van der Waals surface area contributed by atoms with E-state index >= 15 is 0 Å². The van der Waals surface area contributed by atoms with Crippen molar-refractivity contribution in [3.05, 3.63) is 39.7 Å². The highest BCUT2D eigenvalue weighted by Crippen LogP contribution is 2.25. The van der Waals surface area contributed by atoms with Crippen LogP contribution in [0, 0.1) is 0 Å². The molecule has 1 aromatic carbocycles. The highest BCUT2D eigenvalue weighted by Gasteiger charge is 2.12. The van der Waals surface area contributed by atoms with E-state index in [0.29, 0.717) is 16.2 Å². The Bertz CT molecular complexity index is 566. The third-order valence-electron chi connectivity index (χ3n) is 2.46. The minimum atomic E-state index is -0.831. The van der Waals surface area contributed by atoms with Crippen molar-refractivity contribution in [2.24, 2.45) is 0 Å². The molecule has 0 aliphatic carbocycles. The minimum Gasteiger partial charge on any atom is -0.481 e. The Morgan fingerprint density at radius 3 is 2.67 bits per heavy atom. The topological polar surface area (TPSA) is 66.0 Å². The number of H-pyrrole nitrogens is 1. The maximum atomic E-state index is 10.6. The van der Waals surface area contributed by atoms with Crippen LogP contribution in [0.2, 0.25) is 5.02 Å². The van der Waals surface area contributed by atoms with E-state index in [2.05, 4.69) is 25.9 Å². The van der Waals surface area contributed by atoms with Gasteiger partial charge in [0.15, 0.2) is 4.73 Å². The lowest BCUT2D eigenvalue weighted by molar-refractivity contribution is -0.136. The molecule has 0 unspecified atom stereocenters. The van der Waals surface area contributed by atoms with Gasteiger partial charge < -0.3 is 10.1 Å². The zero-order chi connectivity index (χ0) is 13.1. The van der Waals surface area contributed by atoms with Crippen molar-refractivity contribution in [3.8, 4) is 11.3 Å². The molecule has 2 N–H and O–H groups in total. The molecule has 0 aliphatic rings. The van der Waals surface area contributed by atoms with Gasteiger partial charge in [-0.3, -0.25) is 4.79 Å². The monoisotopic (exact) mass is 328 g/mol. The second-order valence-corrected chi connectivity index (χ2v) is 4.94. The number of carboxylic acid groups (broad SMARTS) is 1. The molecule has 94 valence electrons. The lowest BCUT2D eigenvalue weighted by Crippen LogP contribution is -1.99. The third-order valence-corrected chi connectivity index (χ3v) is 3.08. The molecule has 0 saturated heterocycles. The number of aromatic nitrogens is 2. The van der Waals surface area contributed by atoms with Crippen molar-refractivity contribution in [2.75, 3.05) is 0 Å². The number of carboxylic acids is 1. The van der Waals surface area contributed by atoms with Gasteiger partial charge in [0.25, 0.3) is 0 Å². The highest BCUT2D eigenvalue weighted by atomic mass is 79.9. The summed E-state index contributed by atoms with van der Waals surface area (Å²) in [6, 6.07) is 7.27. The quantitative estimate of drug-likeness (QED) is 0.902. The van der Waals surface area contributed by atoms with Gasteiger partial charge in [0, 0.05) is 22.7 Å². The first-order valence-electron chi connectivity index (χ1n) is 5.28. The summed E-state index contributed by atoms with van der Waals surface area (Å²) in [6.07, 6.45) is 0.473. The standard InChI is InChI=1S/C12H10BrClN2O2/c13-12-15-9(5-6-10(17)18)11(16-12)7-1-3-8(14)4-2-7/h1-4H,5-6H2,(H,15,16)(H,17,18). The van der Waals surface area contributed by atoms with Crippen LogP contribution < -0.4 is 0 Å². The normalized spacial score (nSPS) is 10.6. The molecule has 0 amide bonds. The summed E-state index contributed by atoms with van der Waals surface area (Å²) < 4.78 is 0.591. The predicted octanol–water partition coefficient (Wildman–Crippen LogP) is 3.51. The number of halogens is 2. The van der Waals surface area contributed by atoms with Gasteiger partial charge in [0.1, 0.15) is 0 Å². The van der Waals surface area contributed by atoms with E-state index < -0.39 is 5.97 Å². The molecule has 1 aromatic heterocycles. The third kappa shape index (κ3) is 3.11. The molecule has 0 aliphatic heterocycles. The molecule has 6 heteroatoms. The number of rotatable bonds is 4. The van der Waals surface area contributed by atoms with Gasteiger partial charge in [-0.05, 0) is 28.1 Å². The Kier molecular flexibility index (Phi) is 4.04. The van der Waals surface area contributed by atoms with Crippen LogP contribution in [-0.2, 0) is 11.2 Å². The first-order chi connectivity index (χ1) is 8.56. The largest absolute Gasteiger partial charge is 0.481 e. The SMILES string of the molecule is O=C(O)CCc1[nH]c(Br)nc1-c1ccc(Cl)cc1. The number of benzene rings is 1. The fourth-order valence-corrected chi connectivity index (χ4v) is 2.18. The summed E-state index contributed by atoms with van der Waals surface area (Å²) in [5.41, 5.74) is 2.45. The summed E-state index contributed by atoms with van der Waals surface area (Å²) in [4.78, 5) is 17.9. The maximum absolute atomic E-state index is 10.6. The number of carbonyl (C=O) groups is 1. The summed E-state index contributed by atoms with van der Waals surface area (Å²) in [6.45, 7) is 0. The molecule has 0 bridgehead atoms. The fourth-order valence-electron chi connectivity index (χ4n) is 1.64. The Balaban J connectivity index is 2.31. The zero-order valence-electron chi connectivity index (χ0n) is 9.28. The van der Waals surface area contributed by atoms with Crippen LogP contribution in [0.1, 0.15) is 12.1 Å². The molecular formula is C12H10BrClN2O2. The Labute approximate surface area is 117 Å². The van der Waals surface area contributed by atoms with Crippen molar-refractivity contribution in [3.63, 3.8) is 0 Å². The fraction of sp³-hybridized carbons (Fsp3) is 0.167. The first kappa shape index (κ1) is 13.1. The molecule has 2 rings (SSSR count). The Morgan fingerprint density at radius 2 is 2.06 bits per heavy atom. The van der Waals surface area contributed by atoms with Gasteiger partial charge in [-0.25, -0.2) is 4.98 Å². The molecule has 0 radical (unpaired) electrons. The number of nitrogens with one attached hydrogen (secondary N) is 1. The van der Waals surface area contributed by atoms with Gasteiger partial charge in [-0.2, -0.15) is 0 Å². The van der Waals surface area contributed by atoms with Gasteiger partial charge in [0.2, 0.25) is 0 Å². The van der Waals surface area contributed by atoms with Gasteiger partial charge >= 0.3 is 5.97 Å². The van der Waals surface area contributed by atoms with Crippen LogP contribution in [-0.4, -0.2) is 21.0 Å². The summed E-state index contributed by atoms with van der Waals surface area (Å²) in [7, 11) is 0. The number of aromatic amines is 1. The zero-order valence-corrected chi connectivity index (χ0v) is 11.6. The van der Waals surface area contributed by atoms with Crippen LogP contribution in [0.5, 0.6) is 0 Å². The molecule has 0 atom stereocenters. The van der Waals surface area contributed by atoms with Crippen LogP contribution in [0.15, 0.2) is 29.0 Å². The van der Waals surface area contributed by atoms with Gasteiger partial charge in [-0.1, -0.05) is 23.7 Å². The van der Waals surface area contributed by atoms with Crippen LogP contribution >= 0.6 is 27.5 Å². The molecule has 2 aromatic rings. The van der Waals surface area contributed by atoms with E-state index in [1.54, 1.807) is 12.1 Å². The lowest BCUT2D eigenvalue weighted by atomic mass is 10.1. The molecular weight excluding hydrogens is 320 g/mol. The van der Waals surface area contributed by atoms with E-state index in [0.717, 1.165) is 17.0 Å². The number of aliphatic carboxylic acids is 1. The van der Waals surface area contributed by atoms with Crippen LogP contribution in [0.3, 0.4) is 0 Å². The average molecular weight is 330 g/mol. The molecule has 18 heavy (non-hydrogen) atoms. The maximum Gasteiger partial charge on any atom is 0.303 e.